The van der Waals surface area contributed by atoms with Gasteiger partial charge in [-0.05, 0) is 153 Å². The standard InChI is InChI=1S/C25H14Br2I3O2S/c26-16-3-9-20(10-4-16)33(21-11-5-17(27)6-12-21)19-7-1-15(2-8-19)25(31)32-24-22(29)13-18(28)14-23(24)30/h1-14H/q+1. The molecule has 2 nitrogen and oxygen atoms in total. The molecule has 4 aromatic rings. The van der Waals surface area contributed by atoms with Crippen LogP contribution in [-0.4, -0.2) is 5.97 Å². The lowest BCUT2D eigenvalue weighted by Crippen LogP contribution is -2.11. The summed E-state index contributed by atoms with van der Waals surface area (Å²) in [6, 6.07) is 28.5. The summed E-state index contributed by atoms with van der Waals surface area (Å²) in [7, 11) is -0.298. The van der Waals surface area contributed by atoms with Crippen molar-refractivity contribution in [3.63, 3.8) is 0 Å². The van der Waals surface area contributed by atoms with E-state index in [9.17, 15) is 4.79 Å². The molecule has 0 fully saturated rings. The van der Waals surface area contributed by atoms with Crippen molar-refractivity contribution in [2.75, 3.05) is 0 Å². The Morgan fingerprint density at radius 3 is 1.48 bits per heavy atom. The predicted octanol–water partition coefficient (Wildman–Crippen LogP) is 9.34. The third kappa shape index (κ3) is 6.54. The van der Waals surface area contributed by atoms with E-state index in [4.69, 9.17) is 4.74 Å². The van der Waals surface area contributed by atoms with Gasteiger partial charge in [0, 0.05) is 12.5 Å². The summed E-state index contributed by atoms with van der Waals surface area (Å²) in [4.78, 5) is 16.4. The first-order valence-corrected chi connectivity index (χ1v) is 15.6. The molecular formula is C25H14Br2I3O2S+. The second-order valence-corrected chi connectivity index (χ2v) is 14.3. The Morgan fingerprint density at radius 2 is 1.06 bits per heavy atom. The number of esters is 1. The Labute approximate surface area is 253 Å². The summed E-state index contributed by atoms with van der Waals surface area (Å²) in [5.74, 6) is 0.251. The lowest BCUT2D eigenvalue weighted by molar-refractivity contribution is 0.0732. The van der Waals surface area contributed by atoms with Crippen LogP contribution in [0.1, 0.15) is 10.4 Å². The Morgan fingerprint density at radius 1 is 0.667 bits per heavy atom. The van der Waals surface area contributed by atoms with E-state index in [2.05, 4.69) is 148 Å². The molecule has 33 heavy (non-hydrogen) atoms. The van der Waals surface area contributed by atoms with Crippen LogP contribution in [0, 0.1) is 10.7 Å². The van der Waals surface area contributed by atoms with Gasteiger partial charge in [0.1, 0.15) is 0 Å². The number of rotatable bonds is 5. The summed E-state index contributed by atoms with van der Waals surface area (Å²) < 4.78 is 10.8. The van der Waals surface area contributed by atoms with E-state index in [1.807, 2.05) is 36.4 Å². The number of hydrogen-bond donors (Lipinski definition) is 0. The third-order valence-corrected chi connectivity index (χ3v) is 10.1. The minimum absolute atomic E-state index is 0.298. The van der Waals surface area contributed by atoms with Gasteiger partial charge in [-0.15, -0.1) is 0 Å². The third-order valence-electron chi connectivity index (χ3n) is 4.58. The van der Waals surface area contributed by atoms with Crippen molar-refractivity contribution in [2.24, 2.45) is 0 Å². The number of carbonyl (C=O) groups excluding carboxylic acids is 1. The summed E-state index contributed by atoms with van der Waals surface area (Å²) in [5.41, 5.74) is 0.527. The van der Waals surface area contributed by atoms with Crippen molar-refractivity contribution in [3.8, 4) is 5.75 Å². The number of ether oxygens (including phenoxy) is 1. The molecule has 0 unspecified atom stereocenters. The molecule has 0 spiro atoms. The van der Waals surface area contributed by atoms with Gasteiger partial charge in [0.2, 0.25) is 0 Å². The van der Waals surface area contributed by atoms with Gasteiger partial charge in [0.15, 0.2) is 20.4 Å². The first-order chi connectivity index (χ1) is 15.8. The van der Waals surface area contributed by atoms with E-state index in [1.54, 1.807) is 0 Å². The maximum Gasteiger partial charge on any atom is 0.343 e. The van der Waals surface area contributed by atoms with Crippen molar-refractivity contribution < 1.29 is 9.53 Å². The van der Waals surface area contributed by atoms with Crippen molar-refractivity contribution in [2.45, 2.75) is 14.7 Å². The fraction of sp³-hybridized carbons (Fsp3) is 0. The highest BCUT2D eigenvalue weighted by atomic mass is 127. The van der Waals surface area contributed by atoms with Crippen LogP contribution in [0.15, 0.2) is 109 Å². The summed E-state index contributed by atoms with van der Waals surface area (Å²) in [6.45, 7) is 0. The van der Waals surface area contributed by atoms with Gasteiger partial charge in [-0.1, -0.05) is 31.9 Å². The number of hydrogen-bond acceptors (Lipinski definition) is 2. The van der Waals surface area contributed by atoms with Gasteiger partial charge in [-0.3, -0.25) is 0 Å². The van der Waals surface area contributed by atoms with Gasteiger partial charge in [0.25, 0.3) is 0 Å². The highest BCUT2D eigenvalue weighted by Crippen LogP contribution is 2.34. The summed E-state index contributed by atoms with van der Waals surface area (Å²) in [5, 5.41) is 0. The van der Waals surface area contributed by atoms with E-state index < -0.39 is 0 Å². The van der Waals surface area contributed by atoms with Crippen LogP contribution in [0.2, 0.25) is 0 Å². The van der Waals surface area contributed by atoms with E-state index in [-0.39, 0.29) is 16.9 Å². The molecule has 0 aliphatic rings. The van der Waals surface area contributed by atoms with Gasteiger partial charge in [0.05, 0.1) is 23.6 Å². The molecule has 8 heteroatoms. The molecular weight excluding hydrogens is 905 g/mol. The lowest BCUT2D eigenvalue weighted by Gasteiger charge is -2.11. The number of halogens is 5. The Bertz CT molecular complexity index is 1230. The van der Waals surface area contributed by atoms with Crippen molar-refractivity contribution in [3.05, 3.63) is 110 Å². The largest absolute Gasteiger partial charge is 0.421 e. The molecule has 0 aliphatic heterocycles. The maximum absolute atomic E-state index is 12.9. The quantitative estimate of drug-likeness (QED) is 0.0865. The van der Waals surface area contributed by atoms with E-state index in [0.29, 0.717) is 11.3 Å². The SMILES string of the molecule is O=C(Oc1c(I)cc(I)cc1I)c1ccc([S+](c2ccc(Br)cc2)c2ccc(Br)cc2)cc1. The molecule has 0 saturated heterocycles. The van der Waals surface area contributed by atoms with Crippen molar-refractivity contribution in [1.82, 2.24) is 0 Å². The van der Waals surface area contributed by atoms with Crippen LogP contribution in [0.5, 0.6) is 5.75 Å². The number of benzene rings is 4. The molecule has 0 bridgehead atoms. The number of carbonyl (C=O) groups is 1. The predicted molar refractivity (Wildman–Crippen MR) is 166 cm³/mol. The van der Waals surface area contributed by atoms with Crippen LogP contribution < -0.4 is 4.74 Å². The molecule has 0 radical (unpaired) electrons. The van der Waals surface area contributed by atoms with Gasteiger partial charge >= 0.3 is 5.97 Å². The molecule has 0 aromatic heterocycles. The monoisotopic (exact) mass is 917 g/mol. The Kier molecular flexibility index (Phi) is 9.21. The average Bonchev–Trinajstić information content (AvgIpc) is 2.79. The highest BCUT2D eigenvalue weighted by Gasteiger charge is 2.29. The van der Waals surface area contributed by atoms with E-state index in [1.165, 1.54) is 9.79 Å². The molecule has 0 aliphatic carbocycles. The van der Waals surface area contributed by atoms with E-state index >= 15 is 0 Å². The topological polar surface area (TPSA) is 26.3 Å². The zero-order chi connectivity index (χ0) is 23.5. The molecule has 4 rings (SSSR count). The molecule has 0 atom stereocenters. The maximum atomic E-state index is 12.9. The summed E-state index contributed by atoms with van der Waals surface area (Å²) in [6.07, 6.45) is 0. The van der Waals surface area contributed by atoms with Gasteiger partial charge < -0.3 is 4.74 Å². The first-order valence-electron chi connectivity index (χ1n) is 9.54. The lowest BCUT2D eigenvalue weighted by atomic mass is 10.2. The molecule has 0 saturated carbocycles. The van der Waals surface area contributed by atoms with Crippen molar-refractivity contribution in [1.29, 1.82) is 0 Å². The van der Waals surface area contributed by atoms with Gasteiger partial charge in [-0.25, -0.2) is 4.79 Å². The summed E-state index contributed by atoms with van der Waals surface area (Å²) >= 11 is 13.7. The van der Waals surface area contributed by atoms with Crippen molar-refractivity contribution >= 4 is 116 Å². The van der Waals surface area contributed by atoms with Crippen LogP contribution in [0.4, 0.5) is 0 Å². The van der Waals surface area contributed by atoms with Crippen LogP contribution in [0.3, 0.4) is 0 Å². The average molecular weight is 919 g/mol. The van der Waals surface area contributed by atoms with Crippen LogP contribution in [0.25, 0.3) is 0 Å². The molecule has 166 valence electrons. The minimum atomic E-state index is -0.356. The van der Waals surface area contributed by atoms with E-state index in [0.717, 1.165) is 24.6 Å². The fourth-order valence-electron chi connectivity index (χ4n) is 3.05. The molecule has 0 heterocycles. The molecule has 0 amide bonds. The second-order valence-electron chi connectivity index (χ2n) is 6.83. The zero-order valence-electron chi connectivity index (χ0n) is 16.7. The van der Waals surface area contributed by atoms with Crippen LogP contribution >= 0.6 is 99.6 Å². The van der Waals surface area contributed by atoms with Crippen LogP contribution in [-0.2, 0) is 10.9 Å². The minimum Gasteiger partial charge on any atom is -0.421 e. The second kappa shape index (κ2) is 11.7. The molecule has 4 aromatic carbocycles. The van der Waals surface area contributed by atoms with Gasteiger partial charge in [-0.2, -0.15) is 0 Å². The Balaban J connectivity index is 1.64. The fourth-order valence-corrected chi connectivity index (χ4v) is 9.43. The Hall–Kier alpha value is -0.150. The normalized spacial score (nSPS) is 11.0. The first kappa shape index (κ1) is 25.9. The highest BCUT2D eigenvalue weighted by molar-refractivity contribution is 14.1. The zero-order valence-corrected chi connectivity index (χ0v) is 27.2. The molecule has 0 N–H and O–H groups in total. The smallest absolute Gasteiger partial charge is 0.343 e.